The summed E-state index contributed by atoms with van der Waals surface area (Å²) in [5.41, 5.74) is 0. The summed E-state index contributed by atoms with van der Waals surface area (Å²) in [4.78, 5) is 0. The van der Waals surface area contributed by atoms with E-state index < -0.39 is 4.33 Å². The molecule has 0 aliphatic heterocycles. The SMILES string of the molecule is ClC1(Cl)CC(CBr)C1. The van der Waals surface area contributed by atoms with E-state index in [0.717, 1.165) is 18.2 Å². The predicted octanol–water partition coefficient (Wildman–Crippen LogP) is 2.97. The van der Waals surface area contributed by atoms with E-state index in [4.69, 9.17) is 23.2 Å². The normalized spacial score (nSPS) is 27.4. The van der Waals surface area contributed by atoms with Crippen molar-refractivity contribution < 1.29 is 0 Å². The fourth-order valence-electron chi connectivity index (χ4n) is 0.894. The molecule has 1 saturated carbocycles. The molecule has 0 aromatic heterocycles. The van der Waals surface area contributed by atoms with Crippen molar-refractivity contribution in [3.05, 3.63) is 0 Å². The highest BCUT2D eigenvalue weighted by Crippen LogP contribution is 2.46. The molecule has 1 aliphatic rings. The van der Waals surface area contributed by atoms with Gasteiger partial charge >= 0.3 is 0 Å². The molecule has 0 spiro atoms. The van der Waals surface area contributed by atoms with Gasteiger partial charge in [-0.1, -0.05) is 15.9 Å². The first-order valence-corrected chi connectivity index (χ1v) is 4.45. The maximum atomic E-state index is 5.72. The third-order valence-electron chi connectivity index (χ3n) is 1.39. The quantitative estimate of drug-likeness (QED) is 0.593. The lowest BCUT2D eigenvalue weighted by Crippen LogP contribution is -2.33. The van der Waals surface area contributed by atoms with Gasteiger partial charge in [-0.15, -0.1) is 23.2 Å². The molecule has 48 valence electrons. The van der Waals surface area contributed by atoms with Crippen molar-refractivity contribution in [2.45, 2.75) is 17.2 Å². The van der Waals surface area contributed by atoms with Crippen molar-refractivity contribution in [3.63, 3.8) is 0 Å². The third-order valence-corrected chi connectivity index (χ3v) is 2.93. The maximum absolute atomic E-state index is 5.72. The molecule has 1 fully saturated rings. The van der Waals surface area contributed by atoms with Gasteiger partial charge < -0.3 is 0 Å². The predicted molar refractivity (Wildman–Crippen MR) is 41.0 cm³/mol. The Balaban J connectivity index is 2.21. The number of hydrogen-bond donors (Lipinski definition) is 0. The van der Waals surface area contributed by atoms with Crippen LogP contribution in [0.25, 0.3) is 0 Å². The molecule has 0 aromatic carbocycles. The van der Waals surface area contributed by atoms with E-state index in [1.807, 2.05) is 0 Å². The van der Waals surface area contributed by atoms with Crippen LogP contribution in [0.2, 0.25) is 0 Å². The molecule has 0 nitrogen and oxygen atoms in total. The lowest BCUT2D eigenvalue weighted by atomic mass is 9.86. The second-order valence-electron chi connectivity index (χ2n) is 2.28. The van der Waals surface area contributed by atoms with E-state index in [-0.39, 0.29) is 0 Å². The van der Waals surface area contributed by atoms with Crippen LogP contribution in [0.3, 0.4) is 0 Å². The molecule has 0 radical (unpaired) electrons. The van der Waals surface area contributed by atoms with E-state index in [0.29, 0.717) is 5.92 Å². The molecule has 0 N–H and O–H groups in total. The summed E-state index contributed by atoms with van der Waals surface area (Å²) in [6.07, 6.45) is 1.89. The second kappa shape index (κ2) is 2.36. The van der Waals surface area contributed by atoms with Gasteiger partial charge in [-0.3, -0.25) is 0 Å². The van der Waals surface area contributed by atoms with Crippen LogP contribution < -0.4 is 0 Å². The summed E-state index contributed by atoms with van der Waals surface area (Å²) in [7, 11) is 0. The Kier molecular flexibility index (Phi) is 2.11. The topological polar surface area (TPSA) is 0 Å². The van der Waals surface area contributed by atoms with Crippen molar-refractivity contribution in [1.82, 2.24) is 0 Å². The molecule has 0 heterocycles. The highest BCUT2D eigenvalue weighted by atomic mass is 79.9. The van der Waals surface area contributed by atoms with Gasteiger partial charge in [0.2, 0.25) is 0 Å². The Hall–Kier alpha value is 1.06. The van der Waals surface area contributed by atoms with Gasteiger partial charge in [0, 0.05) is 5.33 Å². The van der Waals surface area contributed by atoms with Gasteiger partial charge in [0.25, 0.3) is 0 Å². The van der Waals surface area contributed by atoms with Gasteiger partial charge in [0.15, 0.2) is 0 Å². The van der Waals surface area contributed by atoms with Gasteiger partial charge in [-0.05, 0) is 18.8 Å². The first-order chi connectivity index (χ1) is 3.64. The molecular formula is C5H7BrCl2. The van der Waals surface area contributed by atoms with Crippen LogP contribution in [-0.4, -0.2) is 9.66 Å². The fraction of sp³-hybridized carbons (Fsp3) is 1.00. The van der Waals surface area contributed by atoms with Crippen molar-refractivity contribution in [3.8, 4) is 0 Å². The zero-order valence-corrected chi connectivity index (χ0v) is 7.43. The molecule has 1 aliphatic carbocycles. The largest absolute Gasteiger partial charge is 0.118 e. The summed E-state index contributed by atoms with van der Waals surface area (Å²) in [6.45, 7) is 0. The second-order valence-corrected chi connectivity index (χ2v) is 4.57. The summed E-state index contributed by atoms with van der Waals surface area (Å²) in [5, 5.41) is 1.04. The molecule has 0 aromatic rings. The van der Waals surface area contributed by atoms with Crippen molar-refractivity contribution in [2.75, 3.05) is 5.33 Å². The van der Waals surface area contributed by atoms with Crippen LogP contribution in [0.4, 0.5) is 0 Å². The first-order valence-electron chi connectivity index (χ1n) is 2.58. The molecule has 8 heavy (non-hydrogen) atoms. The molecule has 0 atom stereocenters. The minimum atomic E-state index is -0.390. The summed E-state index contributed by atoms with van der Waals surface area (Å²) < 4.78 is -0.390. The van der Waals surface area contributed by atoms with E-state index in [1.165, 1.54) is 0 Å². The average molecular weight is 218 g/mol. The standard InChI is InChI=1S/C5H7BrCl2/c6-3-4-1-5(7,8)2-4/h4H,1-3H2. The Labute approximate surface area is 67.7 Å². The van der Waals surface area contributed by atoms with Crippen LogP contribution in [0.1, 0.15) is 12.8 Å². The number of rotatable bonds is 1. The van der Waals surface area contributed by atoms with Gasteiger partial charge in [0.1, 0.15) is 4.33 Å². The monoisotopic (exact) mass is 216 g/mol. The molecule has 1 rings (SSSR count). The number of hydrogen-bond acceptors (Lipinski definition) is 0. The summed E-state index contributed by atoms with van der Waals surface area (Å²) >= 11 is 14.8. The summed E-state index contributed by atoms with van der Waals surface area (Å²) in [6, 6.07) is 0. The van der Waals surface area contributed by atoms with E-state index in [1.54, 1.807) is 0 Å². The lowest BCUT2D eigenvalue weighted by molar-refractivity contribution is 0.329. The fourth-order valence-corrected chi connectivity index (χ4v) is 2.22. The maximum Gasteiger partial charge on any atom is 0.118 e. The van der Waals surface area contributed by atoms with Gasteiger partial charge in [-0.2, -0.15) is 0 Å². The lowest BCUT2D eigenvalue weighted by Gasteiger charge is -2.36. The van der Waals surface area contributed by atoms with Crippen LogP contribution in [0.5, 0.6) is 0 Å². The first kappa shape index (κ1) is 7.17. The molecular weight excluding hydrogens is 211 g/mol. The van der Waals surface area contributed by atoms with Crippen LogP contribution in [0.15, 0.2) is 0 Å². The van der Waals surface area contributed by atoms with E-state index >= 15 is 0 Å². The zero-order chi connectivity index (χ0) is 6.20. The number of halogens is 3. The van der Waals surface area contributed by atoms with Crippen molar-refractivity contribution >= 4 is 39.1 Å². The Morgan fingerprint density at radius 1 is 1.50 bits per heavy atom. The highest BCUT2D eigenvalue weighted by molar-refractivity contribution is 9.09. The van der Waals surface area contributed by atoms with Crippen LogP contribution in [-0.2, 0) is 0 Å². The smallest absolute Gasteiger partial charge is 0.102 e. The minimum absolute atomic E-state index is 0.390. The van der Waals surface area contributed by atoms with Gasteiger partial charge in [-0.25, -0.2) is 0 Å². The van der Waals surface area contributed by atoms with Crippen LogP contribution in [0, 0.1) is 5.92 Å². The molecule has 0 amide bonds. The van der Waals surface area contributed by atoms with E-state index in [9.17, 15) is 0 Å². The Morgan fingerprint density at radius 3 is 2.12 bits per heavy atom. The number of alkyl halides is 3. The van der Waals surface area contributed by atoms with Gasteiger partial charge in [0.05, 0.1) is 0 Å². The molecule has 0 bridgehead atoms. The molecule has 0 unspecified atom stereocenters. The van der Waals surface area contributed by atoms with Crippen molar-refractivity contribution in [2.24, 2.45) is 5.92 Å². The molecule has 0 saturated heterocycles. The highest BCUT2D eigenvalue weighted by Gasteiger charge is 2.39. The van der Waals surface area contributed by atoms with Crippen LogP contribution >= 0.6 is 39.1 Å². The Morgan fingerprint density at radius 2 is 2.00 bits per heavy atom. The minimum Gasteiger partial charge on any atom is -0.102 e. The zero-order valence-electron chi connectivity index (χ0n) is 4.33. The van der Waals surface area contributed by atoms with Crippen molar-refractivity contribution in [1.29, 1.82) is 0 Å². The summed E-state index contributed by atoms with van der Waals surface area (Å²) in [5.74, 6) is 0.713. The van der Waals surface area contributed by atoms with E-state index in [2.05, 4.69) is 15.9 Å². The average Bonchev–Trinajstić information content (AvgIpc) is 1.60. The third kappa shape index (κ3) is 1.52. The molecule has 3 heteroatoms. The Bertz CT molecular complexity index is 84.4.